The van der Waals surface area contributed by atoms with Crippen LogP contribution in [0.4, 0.5) is 4.39 Å². The third-order valence-electron chi connectivity index (χ3n) is 3.76. The molecule has 1 saturated heterocycles. The summed E-state index contributed by atoms with van der Waals surface area (Å²) in [4.78, 5) is 16.2. The van der Waals surface area contributed by atoms with E-state index in [9.17, 15) is 9.18 Å². The number of carbonyl (C=O) groups excluding carboxylic acids is 1. The van der Waals surface area contributed by atoms with Crippen molar-refractivity contribution < 1.29 is 13.9 Å². The fourth-order valence-corrected chi connectivity index (χ4v) is 2.62. The Kier molecular flexibility index (Phi) is 3.88. The molecule has 2 aromatic heterocycles. The highest BCUT2D eigenvalue weighted by molar-refractivity contribution is 5.93. The van der Waals surface area contributed by atoms with Gasteiger partial charge < -0.3 is 10.1 Å². The number of pyridine rings is 1. The van der Waals surface area contributed by atoms with Gasteiger partial charge >= 0.3 is 0 Å². The summed E-state index contributed by atoms with van der Waals surface area (Å²) in [7, 11) is 0. The zero-order valence-corrected chi connectivity index (χ0v) is 11.9. The van der Waals surface area contributed by atoms with Gasteiger partial charge in [-0.15, -0.1) is 0 Å². The van der Waals surface area contributed by atoms with Crippen LogP contribution >= 0.6 is 0 Å². The van der Waals surface area contributed by atoms with Crippen molar-refractivity contribution in [3.8, 4) is 0 Å². The van der Waals surface area contributed by atoms with Crippen LogP contribution in [0.1, 0.15) is 35.4 Å². The number of imidazole rings is 1. The van der Waals surface area contributed by atoms with Crippen LogP contribution in [-0.4, -0.2) is 34.5 Å². The monoisotopic (exact) mass is 291 g/mol. The summed E-state index contributed by atoms with van der Waals surface area (Å²) in [5.74, 6) is -1.12. The van der Waals surface area contributed by atoms with Gasteiger partial charge in [0.05, 0.1) is 6.10 Å². The van der Waals surface area contributed by atoms with E-state index in [0.717, 1.165) is 25.9 Å². The minimum atomic E-state index is -0.620. The van der Waals surface area contributed by atoms with E-state index in [2.05, 4.69) is 10.3 Å². The molecule has 21 heavy (non-hydrogen) atoms. The average Bonchev–Trinajstić information content (AvgIpc) is 2.84. The SMILES string of the molecule is Cc1cccc2nc(C(=O)NCC3CCCCO3)c(F)n12. The number of rotatable bonds is 3. The van der Waals surface area contributed by atoms with Gasteiger partial charge in [-0.1, -0.05) is 6.07 Å². The Morgan fingerprint density at radius 3 is 3.10 bits per heavy atom. The Morgan fingerprint density at radius 1 is 1.52 bits per heavy atom. The third-order valence-corrected chi connectivity index (χ3v) is 3.76. The van der Waals surface area contributed by atoms with Crippen LogP contribution in [0.25, 0.3) is 5.65 Å². The van der Waals surface area contributed by atoms with Crippen molar-refractivity contribution in [1.29, 1.82) is 0 Å². The van der Waals surface area contributed by atoms with Gasteiger partial charge in [-0.25, -0.2) is 4.98 Å². The molecule has 0 aromatic carbocycles. The Hall–Kier alpha value is -1.95. The smallest absolute Gasteiger partial charge is 0.274 e. The van der Waals surface area contributed by atoms with Gasteiger partial charge in [0.1, 0.15) is 5.65 Å². The van der Waals surface area contributed by atoms with Crippen LogP contribution in [0, 0.1) is 12.9 Å². The van der Waals surface area contributed by atoms with Gasteiger partial charge in [0.25, 0.3) is 5.91 Å². The number of carbonyl (C=O) groups is 1. The van der Waals surface area contributed by atoms with E-state index >= 15 is 0 Å². The molecule has 0 spiro atoms. The summed E-state index contributed by atoms with van der Waals surface area (Å²) < 4.78 is 21.2. The molecule has 3 rings (SSSR count). The van der Waals surface area contributed by atoms with Crippen LogP contribution in [0.15, 0.2) is 18.2 Å². The summed E-state index contributed by atoms with van der Waals surface area (Å²) in [5, 5.41) is 2.71. The second-order valence-electron chi connectivity index (χ2n) is 5.31. The Morgan fingerprint density at radius 2 is 2.38 bits per heavy atom. The van der Waals surface area contributed by atoms with Gasteiger partial charge in [0, 0.05) is 18.8 Å². The maximum absolute atomic E-state index is 14.3. The number of hydrogen-bond acceptors (Lipinski definition) is 3. The van der Waals surface area contributed by atoms with Crippen molar-refractivity contribution in [2.24, 2.45) is 0 Å². The normalized spacial score (nSPS) is 18.9. The average molecular weight is 291 g/mol. The number of amides is 1. The van der Waals surface area contributed by atoms with Crippen molar-refractivity contribution in [3.05, 3.63) is 35.5 Å². The lowest BCUT2D eigenvalue weighted by atomic mass is 10.1. The fraction of sp³-hybridized carbons (Fsp3) is 0.467. The number of ether oxygens (including phenoxy) is 1. The number of halogens is 1. The van der Waals surface area contributed by atoms with E-state index in [1.165, 1.54) is 4.40 Å². The molecule has 1 amide bonds. The first kappa shape index (κ1) is 14.0. The van der Waals surface area contributed by atoms with Crippen molar-refractivity contribution in [3.63, 3.8) is 0 Å². The lowest BCUT2D eigenvalue weighted by Crippen LogP contribution is -2.35. The van der Waals surface area contributed by atoms with Crippen LogP contribution in [0.3, 0.4) is 0 Å². The van der Waals surface area contributed by atoms with Crippen LogP contribution < -0.4 is 5.32 Å². The minimum Gasteiger partial charge on any atom is -0.376 e. The minimum absolute atomic E-state index is 0.0181. The van der Waals surface area contributed by atoms with Crippen molar-refractivity contribution >= 4 is 11.6 Å². The van der Waals surface area contributed by atoms with Crippen molar-refractivity contribution in [2.75, 3.05) is 13.2 Å². The fourth-order valence-electron chi connectivity index (χ4n) is 2.62. The Balaban J connectivity index is 1.75. The second-order valence-corrected chi connectivity index (χ2v) is 5.31. The number of hydrogen-bond donors (Lipinski definition) is 1. The standard InChI is InChI=1S/C15H18FN3O2/c1-10-5-4-7-12-18-13(14(16)19(10)12)15(20)17-9-11-6-2-3-8-21-11/h4-5,7,11H,2-3,6,8-9H2,1H3,(H,17,20). The number of fused-ring (bicyclic) bond motifs is 1. The largest absolute Gasteiger partial charge is 0.376 e. The molecule has 1 unspecified atom stereocenters. The molecule has 1 aliphatic rings. The molecular weight excluding hydrogens is 273 g/mol. The second kappa shape index (κ2) is 5.81. The Bertz CT molecular complexity index is 662. The summed E-state index contributed by atoms with van der Waals surface area (Å²) >= 11 is 0. The lowest BCUT2D eigenvalue weighted by molar-refractivity contribution is 0.0168. The van der Waals surface area contributed by atoms with E-state index < -0.39 is 11.9 Å². The highest BCUT2D eigenvalue weighted by Gasteiger charge is 2.21. The molecule has 1 aliphatic heterocycles. The summed E-state index contributed by atoms with van der Waals surface area (Å²) in [6, 6.07) is 5.24. The number of nitrogens with zero attached hydrogens (tertiary/aromatic N) is 2. The Labute approximate surface area is 122 Å². The molecular formula is C15H18FN3O2. The van der Waals surface area contributed by atoms with E-state index in [0.29, 0.717) is 17.9 Å². The zero-order valence-electron chi connectivity index (χ0n) is 11.9. The van der Waals surface area contributed by atoms with E-state index in [4.69, 9.17) is 4.74 Å². The maximum atomic E-state index is 14.3. The molecule has 5 nitrogen and oxygen atoms in total. The lowest BCUT2D eigenvalue weighted by Gasteiger charge is -2.22. The van der Waals surface area contributed by atoms with E-state index in [1.807, 2.05) is 0 Å². The van der Waals surface area contributed by atoms with Gasteiger partial charge in [0.15, 0.2) is 5.69 Å². The number of aromatic nitrogens is 2. The zero-order chi connectivity index (χ0) is 14.8. The van der Waals surface area contributed by atoms with E-state index in [1.54, 1.807) is 25.1 Å². The first-order chi connectivity index (χ1) is 10.2. The predicted molar refractivity (Wildman–Crippen MR) is 75.8 cm³/mol. The molecule has 0 radical (unpaired) electrons. The van der Waals surface area contributed by atoms with Gasteiger partial charge in [0.2, 0.25) is 5.95 Å². The van der Waals surface area contributed by atoms with Crippen LogP contribution in [0.2, 0.25) is 0 Å². The maximum Gasteiger partial charge on any atom is 0.274 e. The van der Waals surface area contributed by atoms with Gasteiger partial charge in [-0.05, 0) is 38.3 Å². The first-order valence-electron chi connectivity index (χ1n) is 7.20. The van der Waals surface area contributed by atoms with Crippen LogP contribution in [0.5, 0.6) is 0 Å². The van der Waals surface area contributed by atoms with Crippen molar-refractivity contribution in [2.45, 2.75) is 32.3 Å². The van der Waals surface area contributed by atoms with E-state index in [-0.39, 0.29) is 11.8 Å². The molecule has 112 valence electrons. The molecule has 3 heterocycles. The predicted octanol–water partition coefficient (Wildman–Crippen LogP) is 2.08. The summed E-state index contributed by atoms with van der Waals surface area (Å²) in [6.07, 6.45) is 3.10. The number of nitrogens with one attached hydrogen (secondary N) is 1. The third kappa shape index (κ3) is 2.76. The highest BCUT2D eigenvalue weighted by atomic mass is 19.1. The van der Waals surface area contributed by atoms with Crippen LogP contribution in [-0.2, 0) is 4.74 Å². The van der Waals surface area contributed by atoms with Gasteiger partial charge in [-0.3, -0.25) is 9.20 Å². The molecule has 0 bridgehead atoms. The first-order valence-corrected chi connectivity index (χ1v) is 7.20. The van der Waals surface area contributed by atoms with Gasteiger partial charge in [-0.2, -0.15) is 4.39 Å². The molecule has 6 heteroatoms. The molecule has 0 aliphatic carbocycles. The topological polar surface area (TPSA) is 55.6 Å². The molecule has 1 N–H and O–H groups in total. The summed E-state index contributed by atoms with van der Waals surface area (Å²) in [5.41, 5.74) is 0.971. The number of aryl methyl sites for hydroxylation is 1. The quantitative estimate of drug-likeness (QED) is 0.942. The molecule has 1 atom stereocenters. The molecule has 0 saturated carbocycles. The highest BCUT2D eigenvalue weighted by Crippen LogP contribution is 2.15. The van der Waals surface area contributed by atoms with Crippen molar-refractivity contribution in [1.82, 2.24) is 14.7 Å². The summed E-state index contributed by atoms with van der Waals surface area (Å²) in [6.45, 7) is 2.89. The molecule has 1 fully saturated rings. The molecule has 2 aromatic rings.